The van der Waals surface area contributed by atoms with Crippen LogP contribution in [0.2, 0.25) is 0 Å². The Morgan fingerprint density at radius 3 is 2.69 bits per heavy atom. The summed E-state index contributed by atoms with van der Waals surface area (Å²) in [6.45, 7) is 2.84. The second kappa shape index (κ2) is 9.01. The number of rotatable bonds is 6. The monoisotopic (exact) mass is 456 g/mol. The summed E-state index contributed by atoms with van der Waals surface area (Å²) in [5.74, 6) is -0.194. The van der Waals surface area contributed by atoms with E-state index in [0.717, 1.165) is 16.5 Å². The highest BCUT2D eigenvalue weighted by Gasteiger charge is 2.32. The third kappa shape index (κ3) is 4.15. The van der Waals surface area contributed by atoms with Crippen molar-refractivity contribution in [2.24, 2.45) is 13.0 Å². The molecule has 2 aromatic heterocycles. The first-order chi connectivity index (χ1) is 15.3. The zero-order valence-corrected chi connectivity index (χ0v) is 19.1. The normalized spacial score (nSPS) is 15.8. The zero-order chi connectivity index (χ0) is 22.9. The van der Waals surface area contributed by atoms with Crippen LogP contribution in [-0.4, -0.2) is 53.0 Å². The molecule has 2 N–H and O–H groups in total. The van der Waals surface area contributed by atoms with Crippen molar-refractivity contribution in [2.75, 3.05) is 19.7 Å². The molecule has 3 heterocycles. The number of hydrogen-bond donors (Lipinski definition) is 2. The van der Waals surface area contributed by atoms with E-state index < -0.39 is 10.0 Å². The molecule has 1 amide bonds. The Morgan fingerprint density at radius 2 is 1.97 bits per heavy atom. The lowest BCUT2D eigenvalue weighted by Gasteiger charge is -2.30. The van der Waals surface area contributed by atoms with Crippen molar-refractivity contribution in [2.45, 2.75) is 31.2 Å². The fraction of sp³-hybridized carbons (Fsp3) is 0.391. The molecule has 8 nitrogen and oxygen atoms in total. The van der Waals surface area contributed by atoms with Crippen LogP contribution in [0.3, 0.4) is 0 Å². The molecule has 4 rings (SSSR count). The third-order valence-corrected chi connectivity index (χ3v) is 8.36. The van der Waals surface area contributed by atoms with Gasteiger partial charge < -0.3 is 15.0 Å². The van der Waals surface area contributed by atoms with Gasteiger partial charge in [-0.05, 0) is 49.4 Å². The maximum absolute atomic E-state index is 13.2. The summed E-state index contributed by atoms with van der Waals surface area (Å²) < 4.78 is 29.5. The Bertz CT molecular complexity index is 1240. The molecule has 0 saturated carbocycles. The SMILES string of the molecule is Cc1c(S(=O)(=O)N2CCC(CO)CC2)cc(C(=O)NCc2cccc3ncccc23)n1C. The van der Waals surface area contributed by atoms with Crippen molar-refractivity contribution in [3.05, 3.63) is 59.5 Å². The van der Waals surface area contributed by atoms with Gasteiger partial charge in [0.25, 0.3) is 5.91 Å². The summed E-state index contributed by atoms with van der Waals surface area (Å²) in [7, 11) is -2.02. The van der Waals surface area contributed by atoms with E-state index in [1.165, 1.54) is 10.4 Å². The minimum Gasteiger partial charge on any atom is -0.396 e. The fourth-order valence-corrected chi connectivity index (χ4v) is 5.95. The Balaban J connectivity index is 1.53. The highest BCUT2D eigenvalue weighted by Crippen LogP contribution is 2.27. The first-order valence-corrected chi connectivity index (χ1v) is 12.1. The van der Waals surface area contributed by atoms with Crippen LogP contribution in [-0.2, 0) is 23.6 Å². The molecule has 0 radical (unpaired) electrons. The zero-order valence-electron chi connectivity index (χ0n) is 18.3. The van der Waals surface area contributed by atoms with E-state index in [1.54, 1.807) is 24.7 Å². The van der Waals surface area contributed by atoms with E-state index in [-0.39, 0.29) is 23.3 Å². The van der Waals surface area contributed by atoms with Gasteiger partial charge in [0.15, 0.2) is 0 Å². The average molecular weight is 457 g/mol. The molecule has 32 heavy (non-hydrogen) atoms. The second-order valence-electron chi connectivity index (χ2n) is 8.24. The van der Waals surface area contributed by atoms with E-state index in [1.807, 2.05) is 30.3 Å². The summed E-state index contributed by atoms with van der Waals surface area (Å²) in [5.41, 5.74) is 2.61. The summed E-state index contributed by atoms with van der Waals surface area (Å²) >= 11 is 0. The summed E-state index contributed by atoms with van der Waals surface area (Å²) in [4.78, 5) is 17.4. The Kier molecular flexibility index (Phi) is 6.32. The number of carbonyl (C=O) groups is 1. The number of aliphatic hydroxyl groups is 1. The van der Waals surface area contributed by atoms with Crippen LogP contribution in [0.15, 0.2) is 47.5 Å². The molecule has 0 bridgehead atoms. The quantitative estimate of drug-likeness (QED) is 0.592. The van der Waals surface area contributed by atoms with E-state index in [2.05, 4.69) is 10.3 Å². The van der Waals surface area contributed by atoms with Crippen molar-refractivity contribution in [3.8, 4) is 0 Å². The highest BCUT2D eigenvalue weighted by atomic mass is 32.2. The maximum Gasteiger partial charge on any atom is 0.268 e. The molecule has 1 aliphatic heterocycles. The van der Waals surface area contributed by atoms with Crippen molar-refractivity contribution < 1.29 is 18.3 Å². The third-order valence-electron chi connectivity index (χ3n) is 6.35. The van der Waals surface area contributed by atoms with Crippen molar-refractivity contribution in [1.82, 2.24) is 19.2 Å². The van der Waals surface area contributed by atoms with Gasteiger partial charge in [-0.2, -0.15) is 4.31 Å². The van der Waals surface area contributed by atoms with Crippen molar-refractivity contribution >= 4 is 26.8 Å². The summed E-state index contributed by atoms with van der Waals surface area (Å²) in [6.07, 6.45) is 3.00. The van der Waals surface area contributed by atoms with E-state index in [0.29, 0.717) is 43.9 Å². The van der Waals surface area contributed by atoms with Gasteiger partial charge in [0.1, 0.15) is 10.6 Å². The number of pyridine rings is 1. The van der Waals surface area contributed by atoms with Gasteiger partial charge in [-0.3, -0.25) is 9.78 Å². The minimum absolute atomic E-state index is 0.0787. The van der Waals surface area contributed by atoms with Gasteiger partial charge in [-0.25, -0.2) is 8.42 Å². The van der Waals surface area contributed by atoms with Gasteiger partial charge in [-0.15, -0.1) is 0 Å². The summed E-state index contributed by atoms with van der Waals surface area (Å²) in [5, 5.41) is 13.2. The average Bonchev–Trinajstić information content (AvgIpc) is 3.12. The minimum atomic E-state index is -3.71. The fourth-order valence-electron chi connectivity index (χ4n) is 4.21. The Hall–Kier alpha value is -2.75. The predicted octanol–water partition coefficient (Wildman–Crippen LogP) is 2.20. The number of amides is 1. The van der Waals surface area contributed by atoms with Gasteiger partial charge in [0.05, 0.1) is 5.52 Å². The smallest absolute Gasteiger partial charge is 0.268 e. The van der Waals surface area contributed by atoms with Crippen LogP contribution in [0.5, 0.6) is 0 Å². The number of aliphatic hydroxyl groups excluding tert-OH is 1. The number of fused-ring (bicyclic) bond motifs is 1. The first-order valence-electron chi connectivity index (χ1n) is 10.7. The molecular weight excluding hydrogens is 428 g/mol. The molecule has 0 atom stereocenters. The first kappa shape index (κ1) is 22.4. The van der Waals surface area contributed by atoms with Crippen LogP contribution in [0.1, 0.15) is 34.6 Å². The molecule has 1 fully saturated rings. The molecule has 3 aromatic rings. The van der Waals surface area contributed by atoms with Gasteiger partial charge >= 0.3 is 0 Å². The predicted molar refractivity (Wildman–Crippen MR) is 122 cm³/mol. The van der Waals surface area contributed by atoms with E-state index in [4.69, 9.17) is 0 Å². The summed E-state index contributed by atoms with van der Waals surface area (Å²) in [6, 6.07) is 11.0. The van der Waals surface area contributed by atoms with Crippen molar-refractivity contribution in [1.29, 1.82) is 0 Å². The lowest BCUT2D eigenvalue weighted by Crippen LogP contribution is -2.39. The Morgan fingerprint density at radius 1 is 1.22 bits per heavy atom. The number of carbonyl (C=O) groups excluding carboxylic acids is 1. The molecule has 0 aliphatic carbocycles. The van der Waals surface area contributed by atoms with Crippen LogP contribution < -0.4 is 5.32 Å². The molecular formula is C23H28N4O4S. The van der Waals surface area contributed by atoms with Gasteiger partial charge in [0, 0.05) is 50.6 Å². The van der Waals surface area contributed by atoms with E-state index >= 15 is 0 Å². The molecule has 1 aromatic carbocycles. The molecule has 0 unspecified atom stereocenters. The number of sulfonamides is 1. The second-order valence-corrected chi connectivity index (χ2v) is 10.1. The van der Waals surface area contributed by atoms with Gasteiger partial charge in [-0.1, -0.05) is 18.2 Å². The largest absolute Gasteiger partial charge is 0.396 e. The maximum atomic E-state index is 13.2. The van der Waals surface area contributed by atoms with Gasteiger partial charge in [0.2, 0.25) is 10.0 Å². The number of nitrogens with zero attached hydrogens (tertiary/aromatic N) is 3. The molecule has 170 valence electrons. The number of hydrogen-bond acceptors (Lipinski definition) is 5. The van der Waals surface area contributed by atoms with Crippen LogP contribution in [0.4, 0.5) is 0 Å². The molecule has 0 spiro atoms. The van der Waals surface area contributed by atoms with Crippen LogP contribution >= 0.6 is 0 Å². The van der Waals surface area contributed by atoms with Crippen LogP contribution in [0, 0.1) is 12.8 Å². The molecule has 1 aliphatic rings. The standard InChI is InChI=1S/C23H28N4O4S/c1-16-22(32(30,31)27-11-8-17(15-28)9-12-27)13-21(26(16)2)23(29)25-14-18-5-3-7-20-19(18)6-4-10-24-20/h3-7,10,13,17,28H,8-9,11-12,14-15H2,1-2H3,(H,25,29). The number of piperidine rings is 1. The Labute approximate surface area is 187 Å². The lowest BCUT2D eigenvalue weighted by atomic mass is 10.00. The number of aromatic nitrogens is 2. The number of nitrogens with one attached hydrogen (secondary N) is 1. The number of benzene rings is 1. The lowest BCUT2D eigenvalue weighted by molar-refractivity contribution is 0.0942. The van der Waals surface area contributed by atoms with Crippen LogP contribution in [0.25, 0.3) is 10.9 Å². The molecule has 9 heteroatoms. The molecule has 1 saturated heterocycles. The van der Waals surface area contributed by atoms with Crippen molar-refractivity contribution in [3.63, 3.8) is 0 Å². The highest BCUT2D eigenvalue weighted by molar-refractivity contribution is 7.89. The van der Waals surface area contributed by atoms with E-state index in [9.17, 15) is 18.3 Å². The topological polar surface area (TPSA) is 105 Å².